The minimum atomic E-state index is -0.145. The molecule has 0 spiro atoms. The van der Waals surface area contributed by atoms with E-state index in [4.69, 9.17) is 13.5 Å². The minimum absolute atomic E-state index is 0.0967. The first-order valence-electron chi connectivity index (χ1n) is 4.99. The van der Waals surface area contributed by atoms with Crippen molar-refractivity contribution in [2.75, 3.05) is 0 Å². The van der Waals surface area contributed by atoms with E-state index in [1.54, 1.807) is 0 Å². The largest absolute Gasteiger partial charge is 0.379 e. The molecule has 0 aromatic rings. The van der Waals surface area contributed by atoms with Gasteiger partial charge in [0.05, 0.1) is 5.54 Å². The predicted molar refractivity (Wildman–Crippen MR) is 68.3 cm³/mol. The van der Waals surface area contributed by atoms with Gasteiger partial charge in [0.25, 0.3) is 0 Å². The van der Waals surface area contributed by atoms with Crippen LogP contribution < -0.4 is 5.73 Å². The molecule has 1 saturated heterocycles. The van der Waals surface area contributed by atoms with E-state index in [0.717, 1.165) is 19.3 Å². The molecule has 1 aliphatic heterocycles. The summed E-state index contributed by atoms with van der Waals surface area (Å²) in [5, 5.41) is 0.184. The Bertz CT molecular complexity index is 309. The summed E-state index contributed by atoms with van der Waals surface area (Å²) in [6.07, 6.45) is 3.16. The second kappa shape index (κ2) is 2.67. The van der Waals surface area contributed by atoms with Crippen molar-refractivity contribution in [2.45, 2.75) is 47.7 Å². The zero-order valence-corrected chi connectivity index (χ0v) is 11.4. The third kappa shape index (κ3) is 0.987. The summed E-state index contributed by atoms with van der Waals surface area (Å²) < 4.78 is 11.6. The Morgan fingerprint density at radius 1 is 1.57 bits per heavy atom. The molecule has 3 rings (SSSR count). The van der Waals surface area contributed by atoms with Crippen molar-refractivity contribution in [1.82, 2.24) is 0 Å². The van der Waals surface area contributed by atoms with Gasteiger partial charge in [-0.2, -0.15) is 0 Å². The van der Waals surface area contributed by atoms with Crippen LogP contribution in [0, 0.1) is 0 Å². The van der Waals surface area contributed by atoms with Gasteiger partial charge in [-0.15, -0.1) is 9.24 Å². The summed E-state index contributed by atoms with van der Waals surface area (Å²) >= 11 is 2.01. The maximum absolute atomic E-state index is 6.37. The van der Waals surface area contributed by atoms with Crippen LogP contribution in [0.3, 0.4) is 0 Å². The molecule has 0 aromatic carbocycles. The van der Waals surface area contributed by atoms with Crippen molar-refractivity contribution >= 4 is 40.1 Å². The first-order valence-corrected chi connectivity index (χ1v) is 6.45. The van der Waals surface area contributed by atoms with Crippen molar-refractivity contribution < 1.29 is 7.80 Å². The summed E-state index contributed by atoms with van der Waals surface area (Å²) in [6.45, 7) is 0. The number of hydrogen-bond donors (Lipinski definition) is 1. The standard InChI is InChI=1S/C8H14BINO2P/c9-4-1-6(13-10)2-7(14)3-8(7,11)5(6)12-4/h4-5H,1-3,9,11,14H2. The molecule has 3 nitrogen and oxygen atoms in total. The van der Waals surface area contributed by atoms with Gasteiger partial charge >= 0.3 is 0 Å². The first kappa shape index (κ1) is 10.3. The fourth-order valence-corrected chi connectivity index (χ4v) is 4.85. The highest BCUT2D eigenvalue weighted by atomic mass is 127. The zero-order chi connectivity index (χ0) is 10.2. The molecule has 1 heterocycles. The van der Waals surface area contributed by atoms with Gasteiger partial charge < -0.3 is 13.5 Å². The van der Waals surface area contributed by atoms with Gasteiger partial charge in [-0.25, -0.2) is 0 Å². The molecule has 0 bridgehead atoms. The zero-order valence-electron chi connectivity index (χ0n) is 8.13. The van der Waals surface area contributed by atoms with Crippen LogP contribution in [-0.4, -0.2) is 36.2 Å². The van der Waals surface area contributed by atoms with Gasteiger partial charge in [0.2, 0.25) is 0 Å². The summed E-state index contributed by atoms with van der Waals surface area (Å²) in [5.41, 5.74) is 6.10. The Morgan fingerprint density at radius 2 is 2.29 bits per heavy atom. The van der Waals surface area contributed by atoms with Crippen molar-refractivity contribution in [1.29, 1.82) is 0 Å². The first-order chi connectivity index (χ1) is 6.46. The number of rotatable bonds is 1. The highest BCUT2D eigenvalue weighted by Gasteiger charge is 2.80. The Morgan fingerprint density at radius 3 is 2.86 bits per heavy atom. The predicted octanol–water partition coefficient (Wildman–Crippen LogP) is -0.0413. The van der Waals surface area contributed by atoms with Crippen molar-refractivity contribution in [3.8, 4) is 0 Å². The number of hydrogen-bond acceptors (Lipinski definition) is 3. The topological polar surface area (TPSA) is 44.5 Å². The smallest absolute Gasteiger partial charge is 0.139 e. The minimum Gasteiger partial charge on any atom is -0.379 e. The second-order valence-corrected chi connectivity index (χ2v) is 6.77. The van der Waals surface area contributed by atoms with E-state index in [1.807, 2.05) is 23.0 Å². The van der Waals surface area contributed by atoms with E-state index >= 15 is 0 Å². The quantitative estimate of drug-likeness (QED) is 0.418. The molecule has 2 aliphatic carbocycles. The molecule has 0 radical (unpaired) electrons. The van der Waals surface area contributed by atoms with Crippen LogP contribution in [0.2, 0.25) is 0 Å². The van der Waals surface area contributed by atoms with Gasteiger partial charge in [-0.05, 0) is 19.3 Å². The molecule has 0 aromatic heterocycles. The Hall–Kier alpha value is 1.10. The van der Waals surface area contributed by atoms with Crippen LogP contribution in [0.5, 0.6) is 0 Å². The van der Waals surface area contributed by atoms with Gasteiger partial charge in [-0.1, -0.05) is 0 Å². The van der Waals surface area contributed by atoms with E-state index in [2.05, 4.69) is 17.1 Å². The molecule has 0 amide bonds. The SMILES string of the molecule is BC1CC2(OI)CC3(P)CC3(N)C2O1. The average Bonchev–Trinajstić information content (AvgIpc) is 2.42. The molecular formula is C8H14BINO2P. The summed E-state index contributed by atoms with van der Waals surface area (Å²) in [6, 6.07) is 0.283. The summed E-state index contributed by atoms with van der Waals surface area (Å²) in [5.74, 6) is 0. The van der Waals surface area contributed by atoms with Crippen LogP contribution in [0.25, 0.3) is 0 Å². The maximum Gasteiger partial charge on any atom is 0.139 e. The van der Waals surface area contributed by atoms with E-state index in [0.29, 0.717) is 0 Å². The van der Waals surface area contributed by atoms with Crippen LogP contribution >= 0.6 is 32.2 Å². The second-order valence-electron chi connectivity index (χ2n) is 5.22. The van der Waals surface area contributed by atoms with Gasteiger partial charge in [0, 0.05) is 11.2 Å². The van der Waals surface area contributed by atoms with Crippen LogP contribution in [0.4, 0.5) is 0 Å². The van der Waals surface area contributed by atoms with Crippen LogP contribution in [-0.2, 0) is 7.80 Å². The third-order valence-electron chi connectivity index (χ3n) is 4.13. The van der Waals surface area contributed by atoms with E-state index < -0.39 is 0 Å². The summed E-state index contributed by atoms with van der Waals surface area (Å²) in [4.78, 5) is 0. The molecule has 6 atom stereocenters. The number of nitrogens with two attached hydrogens (primary N) is 1. The average molecular weight is 325 g/mol. The van der Waals surface area contributed by atoms with Gasteiger partial charge in [-0.3, -0.25) is 0 Å². The highest BCUT2D eigenvalue weighted by Crippen LogP contribution is 2.70. The lowest BCUT2D eigenvalue weighted by Gasteiger charge is -2.29. The molecule has 14 heavy (non-hydrogen) atoms. The van der Waals surface area contributed by atoms with E-state index in [1.165, 1.54) is 0 Å². The lowest BCUT2D eigenvalue weighted by atomic mass is 9.86. The third-order valence-corrected chi connectivity index (χ3v) is 5.95. The lowest BCUT2D eigenvalue weighted by Crippen LogP contribution is -2.47. The highest BCUT2D eigenvalue weighted by molar-refractivity contribution is 14.1. The van der Waals surface area contributed by atoms with E-state index in [-0.39, 0.29) is 28.4 Å². The summed E-state index contributed by atoms with van der Waals surface area (Å²) in [7, 11) is 5.02. The van der Waals surface area contributed by atoms with Crippen molar-refractivity contribution in [2.24, 2.45) is 5.73 Å². The molecule has 78 valence electrons. The van der Waals surface area contributed by atoms with Gasteiger partial charge in [0.1, 0.15) is 42.6 Å². The fourth-order valence-electron chi connectivity index (χ4n) is 3.45. The Labute approximate surface area is 101 Å². The number of halogens is 1. The van der Waals surface area contributed by atoms with Gasteiger partial charge in [0.15, 0.2) is 0 Å². The van der Waals surface area contributed by atoms with E-state index in [9.17, 15) is 0 Å². The maximum atomic E-state index is 6.37. The molecule has 2 saturated carbocycles. The Kier molecular flexibility index (Phi) is 1.96. The molecular weight excluding hydrogens is 311 g/mol. The normalized spacial score (nSPS) is 65.1. The monoisotopic (exact) mass is 325 g/mol. The van der Waals surface area contributed by atoms with Crippen molar-refractivity contribution in [3.63, 3.8) is 0 Å². The van der Waals surface area contributed by atoms with Crippen LogP contribution in [0.1, 0.15) is 19.3 Å². The molecule has 2 N–H and O–H groups in total. The fraction of sp³-hybridized carbons (Fsp3) is 1.00. The van der Waals surface area contributed by atoms with Crippen molar-refractivity contribution in [3.05, 3.63) is 0 Å². The van der Waals surface area contributed by atoms with Crippen LogP contribution in [0.15, 0.2) is 0 Å². The number of fused-ring (bicyclic) bond motifs is 3. The molecule has 3 fully saturated rings. The Balaban J connectivity index is 1.98. The lowest BCUT2D eigenvalue weighted by molar-refractivity contribution is -0.00135. The molecule has 6 unspecified atom stereocenters. The molecule has 6 heteroatoms. The molecule has 3 aliphatic rings. The number of ether oxygens (including phenoxy) is 1.